The highest BCUT2D eigenvalue weighted by atomic mass is 32.2. The van der Waals surface area contributed by atoms with Crippen LogP contribution < -0.4 is 4.74 Å². The maximum Gasteiger partial charge on any atom is 0.282 e. The fraction of sp³-hybridized carbons (Fsp3) is 0.529. The molecule has 2 aliphatic rings. The molecule has 0 spiro atoms. The molecule has 6 heteroatoms. The van der Waals surface area contributed by atoms with Crippen LogP contribution in [0.25, 0.3) is 0 Å². The van der Waals surface area contributed by atoms with Crippen molar-refractivity contribution in [1.29, 1.82) is 0 Å². The van der Waals surface area contributed by atoms with E-state index in [2.05, 4.69) is 0 Å². The maximum atomic E-state index is 12.6. The summed E-state index contributed by atoms with van der Waals surface area (Å²) in [6.07, 6.45) is 1.98. The van der Waals surface area contributed by atoms with Crippen molar-refractivity contribution in [1.82, 2.24) is 9.80 Å². The number of hydrogen-bond acceptors (Lipinski definition) is 4. The summed E-state index contributed by atoms with van der Waals surface area (Å²) >= 11 is 1.30. The zero-order chi connectivity index (χ0) is 16.2. The number of amides is 2. The minimum absolute atomic E-state index is 0.0233. The summed E-state index contributed by atoms with van der Waals surface area (Å²) in [7, 11) is 0. The molecule has 3 rings (SSSR count). The first-order valence-corrected chi connectivity index (χ1v) is 9.11. The lowest BCUT2D eigenvalue weighted by molar-refractivity contribution is -0.132. The third-order valence-corrected chi connectivity index (χ3v) is 5.21. The van der Waals surface area contributed by atoms with E-state index in [1.165, 1.54) is 11.8 Å². The van der Waals surface area contributed by atoms with Crippen molar-refractivity contribution in [3.05, 3.63) is 29.8 Å². The van der Waals surface area contributed by atoms with E-state index in [4.69, 9.17) is 4.74 Å². The molecular weight excluding hydrogens is 312 g/mol. The molecule has 2 amide bonds. The van der Waals surface area contributed by atoms with Gasteiger partial charge in [-0.3, -0.25) is 9.59 Å². The molecule has 0 N–H and O–H groups in total. The van der Waals surface area contributed by atoms with Crippen molar-refractivity contribution in [3.63, 3.8) is 0 Å². The first-order valence-electron chi connectivity index (χ1n) is 8.13. The summed E-state index contributed by atoms with van der Waals surface area (Å²) in [6, 6.07) is 8.11. The molecule has 1 atom stereocenters. The van der Waals surface area contributed by atoms with E-state index in [-0.39, 0.29) is 23.7 Å². The van der Waals surface area contributed by atoms with Crippen molar-refractivity contribution in [3.8, 4) is 5.75 Å². The van der Waals surface area contributed by atoms with Crippen LogP contribution in [0.2, 0.25) is 0 Å². The Kier molecular flexibility index (Phi) is 5.10. The molecule has 2 fully saturated rings. The summed E-state index contributed by atoms with van der Waals surface area (Å²) < 4.78 is 5.47. The Hall–Kier alpha value is -1.69. The molecule has 0 aliphatic carbocycles. The molecule has 0 aromatic heterocycles. The smallest absolute Gasteiger partial charge is 0.282 e. The molecule has 0 radical (unpaired) electrons. The van der Waals surface area contributed by atoms with Gasteiger partial charge in [-0.1, -0.05) is 23.9 Å². The summed E-state index contributed by atoms with van der Waals surface area (Å²) in [4.78, 5) is 27.9. The highest BCUT2D eigenvalue weighted by Gasteiger charge is 2.32. The number of rotatable bonds is 5. The van der Waals surface area contributed by atoms with Crippen LogP contribution in [0.3, 0.4) is 0 Å². The third-order valence-electron chi connectivity index (χ3n) is 4.32. The SMILES string of the molecule is CCOc1ccc([C@H]2CCCN2C(=O)CN2CCSC2=O)cc1. The van der Waals surface area contributed by atoms with E-state index in [1.54, 1.807) is 4.90 Å². The van der Waals surface area contributed by atoms with Gasteiger partial charge in [0.2, 0.25) is 5.91 Å². The van der Waals surface area contributed by atoms with Gasteiger partial charge < -0.3 is 14.5 Å². The largest absolute Gasteiger partial charge is 0.494 e. The Morgan fingerprint density at radius 1 is 1.30 bits per heavy atom. The molecule has 124 valence electrons. The Bertz CT molecular complexity index is 576. The highest BCUT2D eigenvalue weighted by molar-refractivity contribution is 8.13. The highest BCUT2D eigenvalue weighted by Crippen LogP contribution is 2.33. The minimum atomic E-state index is 0.0233. The predicted molar refractivity (Wildman–Crippen MR) is 90.7 cm³/mol. The Morgan fingerprint density at radius 3 is 2.74 bits per heavy atom. The summed E-state index contributed by atoms with van der Waals surface area (Å²) in [6.45, 7) is 4.26. The molecule has 1 aromatic rings. The molecule has 2 aliphatic heterocycles. The molecule has 23 heavy (non-hydrogen) atoms. The van der Waals surface area contributed by atoms with Crippen molar-refractivity contribution < 1.29 is 14.3 Å². The minimum Gasteiger partial charge on any atom is -0.494 e. The van der Waals surface area contributed by atoms with Gasteiger partial charge >= 0.3 is 0 Å². The lowest BCUT2D eigenvalue weighted by Crippen LogP contribution is -2.40. The average Bonchev–Trinajstić information content (AvgIpc) is 3.18. The van der Waals surface area contributed by atoms with Gasteiger partial charge in [0.1, 0.15) is 12.3 Å². The van der Waals surface area contributed by atoms with E-state index < -0.39 is 0 Å². The Balaban J connectivity index is 1.67. The van der Waals surface area contributed by atoms with Gasteiger partial charge in [-0.25, -0.2) is 0 Å². The van der Waals surface area contributed by atoms with Gasteiger partial charge in [0.05, 0.1) is 12.6 Å². The molecular formula is C17H22N2O3S. The second-order valence-electron chi connectivity index (χ2n) is 5.78. The lowest BCUT2D eigenvalue weighted by atomic mass is 10.0. The number of likely N-dealkylation sites (tertiary alicyclic amines) is 1. The quantitative estimate of drug-likeness (QED) is 0.831. The number of ether oxygens (including phenoxy) is 1. The van der Waals surface area contributed by atoms with Crippen molar-refractivity contribution in [2.24, 2.45) is 0 Å². The first-order chi connectivity index (χ1) is 11.2. The van der Waals surface area contributed by atoms with Crippen LogP contribution in [0.5, 0.6) is 5.75 Å². The second-order valence-corrected chi connectivity index (χ2v) is 6.83. The normalized spacial score (nSPS) is 21.1. The van der Waals surface area contributed by atoms with Gasteiger partial charge in [-0.2, -0.15) is 0 Å². The lowest BCUT2D eigenvalue weighted by Gasteiger charge is -2.27. The molecule has 0 unspecified atom stereocenters. The van der Waals surface area contributed by atoms with E-state index in [0.29, 0.717) is 13.2 Å². The number of hydrogen-bond donors (Lipinski definition) is 0. The maximum absolute atomic E-state index is 12.6. The molecule has 0 saturated carbocycles. The standard InChI is InChI=1S/C17H22N2O3S/c1-2-22-14-7-5-13(6-8-14)15-4-3-9-19(15)16(20)12-18-10-11-23-17(18)21/h5-8,15H,2-4,9-12H2,1H3/t15-/m1/s1. The van der Waals surface area contributed by atoms with Gasteiger partial charge in [-0.15, -0.1) is 0 Å². The molecule has 2 saturated heterocycles. The van der Waals surface area contributed by atoms with Gasteiger partial charge in [-0.05, 0) is 37.5 Å². The molecule has 1 aromatic carbocycles. The molecule has 5 nitrogen and oxygen atoms in total. The summed E-state index contributed by atoms with van der Waals surface area (Å²) in [5.74, 6) is 1.69. The van der Waals surface area contributed by atoms with E-state index >= 15 is 0 Å². The van der Waals surface area contributed by atoms with Crippen LogP contribution in [-0.4, -0.2) is 52.9 Å². The van der Waals surface area contributed by atoms with Crippen LogP contribution in [0.15, 0.2) is 24.3 Å². The third kappa shape index (κ3) is 3.63. The van der Waals surface area contributed by atoms with E-state index in [9.17, 15) is 9.59 Å². The number of carbonyl (C=O) groups excluding carboxylic acids is 2. The topological polar surface area (TPSA) is 49.9 Å². The first kappa shape index (κ1) is 16.2. The Labute approximate surface area is 141 Å². The molecule has 0 bridgehead atoms. The summed E-state index contributed by atoms with van der Waals surface area (Å²) in [5.41, 5.74) is 1.14. The van der Waals surface area contributed by atoms with Crippen LogP contribution in [-0.2, 0) is 4.79 Å². The number of carbonyl (C=O) groups is 2. The zero-order valence-corrected chi connectivity index (χ0v) is 14.2. The zero-order valence-electron chi connectivity index (χ0n) is 13.4. The van der Waals surface area contributed by atoms with Gasteiger partial charge in [0.25, 0.3) is 5.24 Å². The average molecular weight is 334 g/mol. The van der Waals surface area contributed by atoms with E-state index in [0.717, 1.165) is 36.5 Å². The van der Waals surface area contributed by atoms with Crippen LogP contribution in [0.4, 0.5) is 4.79 Å². The monoisotopic (exact) mass is 334 g/mol. The fourth-order valence-electron chi connectivity index (χ4n) is 3.19. The number of nitrogens with zero attached hydrogens (tertiary/aromatic N) is 2. The van der Waals surface area contributed by atoms with Crippen LogP contribution in [0.1, 0.15) is 31.4 Å². The number of thioether (sulfide) groups is 1. The van der Waals surface area contributed by atoms with Gasteiger partial charge in [0.15, 0.2) is 0 Å². The van der Waals surface area contributed by atoms with Crippen molar-refractivity contribution in [2.45, 2.75) is 25.8 Å². The Morgan fingerprint density at radius 2 is 2.09 bits per heavy atom. The number of benzene rings is 1. The fourth-order valence-corrected chi connectivity index (χ4v) is 4.01. The second kappa shape index (κ2) is 7.25. The molecule has 2 heterocycles. The van der Waals surface area contributed by atoms with Gasteiger partial charge in [0, 0.05) is 18.8 Å². The van der Waals surface area contributed by atoms with Crippen molar-refractivity contribution in [2.75, 3.05) is 32.0 Å². The van der Waals surface area contributed by atoms with Crippen LogP contribution >= 0.6 is 11.8 Å². The van der Waals surface area contributed by atoms with E-state index in [1.807, 2.05) is 36.1 Å². The van der Waals surface area contributed by atoms with Crippen molar-refractivity contribution >= 4 is 22.9 Å². The predicted octanol–water partition coefficient (Wildman–Crippen LogP) is 2.92. The van der Waals surface area contributed by atoms with Crippen LogP contribution in [0, 0.1) is 0 Å². The summed E-state index contributed by atoms with van der Waals surface area (Å²) in [5, 5.41) is 0.0233.